The number of carbonyl (C=O) groups is 2. The first-order chi connectivity index (χ1) is 8.34. The molecule has 1 saturated heterocycles. The quantitative estimate of drug-likeness (QED) is 0.795. The minimum atomic E-state index is -0.439. The van der Waals surface area contributed by atoms with Gasteiger partial charge in [0.2, 0.25) is 11.8 Å². The summed E-state index contributed by atoms with van der Waals surface area (Å²) >= 11 is 0. The number of piperidine rings is 1. The Labute approximate surface area is 109 Å². The number of hydrogen-bond donors (Lipinski definition) is 1. The maximum absolute atomic E-state index is 12.2. The molecular formula is C13H25N3O2. The third-order valence-corrected chi connectivity index (χ3v) is 3.76. The Morgan fingerprint density at radius 1 is 1.39 bits per heavy atom. The lowest BCUT2D eigenvalue weighted by Crippen LogP contribution is -2.54. The molecule has 1 aliphatic rings. The number of rotatable bonds is 3. The maximum atomic E-state index is 12.2. The first-order valence-corrected chi connectivity index (χ1v) is 6.62. The monoisotopic (exact) mass is 255 g/mol. The van der Waals surface area contributed by atoms with Gasteiger partial charge in [-0.1, -0.05) is 13.8 Å². The number of carbonyl (C=O) groups excluding carboxylic acids is 2. The van der Waals surface area contributed by atoms with Crippen LogP contribution < -0.4 is 5.73 Å². The lowest BCUT2D eigenvalue weighted by atomic mass is 10.00. The van der Waals surface area contributed by atoms with E-state index in [-0.39, 0.29) is 23.8 Å². The van der Waals surface area contributed by atoms with Crippen LogP contribution in [0.1, 0.15) is 33.6 Å². The highest BCUT2D eigenvalue weighted by Crippen LogP contribution is 2.16. The van der Waals surface area contributed by atoms with Gasteiger partial charge in [0.15, 0.2) is 0 Å². The summed E-state index contributed by atoms with van der Waals surface area (Å²) in [5, 5.41) is 0. The highest BCUT2D eigenvalue weighted by atomic mass is 16.2. The molecule has 0 spiro atoms. The van der Waals surface area contributed by atoms with Crippen LogP contribution in [0.3, 0.4) is 0 Å². The largest absolute Gasteiger partial charge is 0.341 e. The van der Waals surface area contributed by atoms with Gasteiger partial charge >= 0.3 is 0 Å². The van der Waals surface area contributed by atoms with Gasteiger partial charge in [-0.05, 0) is 18.8 Å². The SMILES string of the molecule is CC(=O)N(C)[C@@H]1CCCN(C(=O)[C@@H](N)C(C)C)C1. The predicted octanol–water partition coefficient (Wildman–Crippen LogP) is 0.439. The fourth-order valence-corrected chi connectivity index (χ4v) is 2.22. The van der Waals surface area contributed by atoms with E-state index in [2.05, 4.69) is 0 Å². The zero-order valence-corrected chi connectivity index (χ0v) is 11.8. The molecule has 18 heavy (non-hydrogen) atoms. The summed E-state index contributed by atoms with van der Waals surface area (Å²) in [6, 6.07) is -0.314. The summed E-state index contributed by atoms with van der Waals surface area (Å²) in [6.45, 7) is 6.81. The van der Waals surface area contributed by atoms with Crippen molar-refractivity contribution in [3.05, 3.63) is 0 Å². The molecule has 0 aromatic rings. The zero-order valence-electron chi connectivity index (χ0n) is 11.8. The van der Waals surface area contributed by atoms with Crippen molar-refractivity contribution in [2.24, 2.45) is 11.7 Å². The summed E-state index contributed by atoms with van der Waals surface area (Å²) in [5.41, 5.74) is 5.90. The molecular weight excluding hydrogens is 230 g/mol. The third kappa shape index (κ3) is 3.45. The lowest BCUT2D eigenvalue weighted by molar-refractivity contribution is -0.139. The second-order valence-electron chi connectivity index (χ2n) is 5.48. The molecule has 0 aromatic carbocycles. The number of hydrogen-bond acceptors (Lipinski definition) is 3. The molecule has 5 nitrogen and oxygen atoms in total. The Morgan fingerprint density at radius 2 is 2.00 bits per heavy atom. The van der Waals surface area contributed by atoms with E-state index in [0.29, 0.717) is 6.54 Å². The molecule has 0 unspecified atom stereocenters. The Bertz CT molecular complexity index is 317. The molecule has 1 heterocycles. The van der Waals surface area contributed by atoms with Gasteiger partial charge in [-0.3, -0.25) is 9.59 Å². The summed E-state index contributed by atoms with van der Waals surface area (Å²) in [6.07, 6.45) is 1.88. The summed E-state index contributed by atoms with van der Waals surface area (Å²) in [7, 11) is 1.79. The van der Waals surface area contributed by atoms with Crippen molar-refractivity contribution in [1.82, 2.24) is 9.80 Å². The number of amides is 2. The molecule has 1 fully saturated rings. The number of nitrogens with two attached hydrogens (primary N) is 1. The molecule has 0 bridgehead atoms. The normalized spacial score (nSPS) is 21.9. The molecule has 0 saturated carbocycles. The van der Waals surface area contributed by atoms with Crippen molar-refractivity contribution in [3.63, 3.8) is 0 Å². The number of likely N-dealkylation sites (N-methyl/N-ethyl adjacent to an activating group) is 1. The minimum Gasteiger partial charge on any atom is -0.341 e. The van der Waals surface area contributed by atoms with E-state index < -0.39 is 6.04 Å². The summed E-state index contributed by atoms with van der Waals surface area (Å²) in [5.74, 6) is 0.192. The Hall–Kier alpha value is -1.10. The average Bonchev–Trinajstić information content (AvgIpc) is 2.35. The molecule has 2 atom stereocenters. The molecule has 2 amide bonds. The van der Waals surface area contributed by atoms with Gasteiger partial charge in [-0.15, -0.1) is 0 Å². The van der Waals surface area contributed by atoms with E-state index in [0.717, 1.165) is 19.4 Å². The summed E-state index contributed by atoms with van der Waals surface area (Å²) < 4.78 is 0. The van der Waals surface area contributed by atoms with Crippen molar-refractivity contribution in [3.8, 4) is 0 Å². The minimum absolute atomic E-state index is 0.00616. The molecule has 2 N–H and O–H groups in total. The number of nitrogens with zero attached hydrogens (tertiary/aromatic N) is 2. The molecule has 104 valence electrons. The Balaban J connectivity index is 2.64. The number of likely N-dealkylation sites (tertiary alicyclic amines) is 1. The van der Waals surface area contributed by atoms with Gasteiger partial charge in [0, 0.05) is 33.1 Å². The fourth-order valence-electron chi connectivity index (χ4n) is 2.22. The Morgan fingerprint density at radius 3 is 2.50 bits per heavy atom. The zero-order chi connectivity index (χ0) is 13.9. The van der Waals surface area contributed by atoms with E-state index in [9.17, 15) is 9.59 Å². The fraction of sp³-hybridized carbons (Fsp3) is 0.846. The third-order valence-electron chi connectivity index (χ3n) is 3.76. The smallest absolute Gasteiger partial charge is 0.239 e. The van der Waals surface area contributed by atoms with Crippen LogP contribution in [0.15, 0.2) is 0 Å². The van der Waals surface area contributed by atoms with Crippen LogP contribution in [-0.2, 0) is 9.59 Å². The molecule has 0 radical (unpaired) electrons. The van der Waals surface area contributed by atoms with Crippen LogP contribution in [0.4, 0.5) is 0 Å². The van der Waals surface area contributed by atoms with Gasteiger partial charge in [-0.2, -0.15) is 0 Å². The van der Waals surface area contributed by atoms with Crippen LogP contribution in [0.25, 0.3) is 0 Å². The molecule has 0 aliphatic carbocycles. The van der Waals surface area contributed by atoms with E-state index in [1.165, 1.54) is 0 Å². The predicted molar refractivity (Wildman–Crippen MR) is 70.9 cm³/mol. The van der Waals surface area contributed by atoms with Crippen LogP contribution in [0, 0.1) is 5.92 Å². The van der Waals surface area contributed by atoms with Crippen molar-refractivity contribution in [2.75, 3.05) is 20.1 Å². The summed E-state index contributed by atoms with van der Waals surface area (Å²) in [4.78, 5) is 27.1. The van der Waals surface area contributed by atoms with E-state index in [4.69, 9.17) is 5.73 Å². The van der Waals surface area contributed by atoms with Gasteiger partial charge < -0.3 is 15.5 Å². The van der Waals surface area contributed by atoms with E-state index in [1.54, 1.807) is 23.8 Å². The molecule has 0 aromatic heterocycles. The van der Waals surface area contributed by atoms with Crippen molar-refractivity contribution in [1.29, 1.82) is 0 Å². The van der Waals surface area contributed by atoms with E-state index in [1.807, 2.05) is 13.8 Å². The van der Waals surface area contributed by atoms with Crippen LogP contribution in [0.5, 0.6) is 0 Å². The van der Waals surface area contributed by atoms with Gasteiger partial charge in [0.25, 0.3) is 0 Å². The van der Waals surface area contributed by atoms with Gasteiger partial charge in [-0.25, -0.2) is 0 Å². The first kappa shape index (κ1) is 15.0. The van der Waals surface area contributed by atoms with Crippen LogP contribution in [0.2, 0.25) is 0 Å². The second kappa shape index (κ2) is 6.18. The highest BCUT2D eigenvalue weighted by molar-refractivity contribution is 5.82. The molecule has 5 heteroatoms. The van der Waals surface area contributed by atoms with E-state index >= 15 is 0 Å². The van der Waals surface area contributed by atoms with Gasteiger partial charge in [0.1, 0.15) is 0 Å². The second-order valence-corrected chi connectivity index (χ2v) is 5.48. The standard InChI is InChI=1S/C13H25N3O2/c1-9(2)12(14)13(18)16-7-5-6-11(8-16)15(4)10(3)17/h9,11-12H,5-8,14H2,1-4H3/t11-,12+/m1/s1. The molecule has 1 rings (SSSR count). The Kier molecular flexibility index (Phi) is 5.14. The van der Waals surface area contributed by atoms with Crippen LogP contribution >= 0.6 is 0 Å². The van der Waals surface area contributed by atoms with Crippen molar-refractivity contribution >= 4 is 11.8 Å². The first-order valence-electron chi connectivity index (χ1n) is 6.62. The average molecular weight is 255 g/mol. The topological polar surface area (TPSA) is 66.6 Å². The highest BCUT2D eigenvalue weighted by Gasteiger charge is 2.30. The lowest BCUT2D eigenvalue weighted by Gasteiger charge is -2.38. The molecule has 1 aliphatic heterocycles. The van der Waals surface area contributed by atoms with Crippen molar-refractivity contribution in [2.45, 2.75) is 45.7 Å². The van der Waals surface area contributed by atoms with Gasteiger partial charge in [0.05, 0.1) is 6.04 Å². The van der Waals surface area contributed by atoms with Crippen molar-refractivity contribution < 1.29 is 9.59 Å². The maximum Gasteiger partial charge on any atom is 0.239 e. The van der Waals surface area contributed by atoms with Crippen LogP contribution in [-0.4, -0.2) is 53.8 Å².